The number of nitrogens with one attached hydrogen (secondary N) is 1. The molecule has 29 heavy (non-hydrogen) atoms. The Kier molecular flexibility index (Phi) is 10.6. The third-order valence-corrected chi connectivity index (χ3v) is 5.84. The van der Waals surface area contributed by atoms with Crippen LogP contribution < -0.4 is 5.32 Å². The summed E-state index contributed by atoms with van der Waals surface area (Å²) in [5, 5.41) is 18.8. The van der Waals surface area contributed by atoms with Crippen LogP contribution in [0.25, 0.3) is 0 Å². The minimum absolute atomic E-state index is 0.257. The van der Waals surface area contributed by atoms with Gasteiger partial charge in [0.15, 0.2) is 0 Å². The van der Waals surface area contributed by atoms with E-state index in [1.807, 2.05) is 6.20 Å². The van der Waals surface area contributed by atoms with Gasteiger partial charge in [0.1, 0.15) is 0 Å². The molecule has 0 aromatic carbocycles. The fraction of sp³-hybridized carbons (Fsp3) is 0.812. The third kappa shape index (κ3) is 10.7. The molecule has 2 heterocycles. The summed E-state index contributed by atoms with van der Waals surface area (Å²) in [7, 11) is -2.37. The lowest BCUT2D eigenvalue weighted by molar-refractivity contribution is 0.0133. The van der Waals surface area contributed by atoms with Gasteiger partial charge in [-0.05, 0) is 0 Å². The van der Waals surface area contributed by atoms with Crippen LogP contribution in [-0.2, 0) is 27.3 Å². The summed E-state index contributed by atoms with van der Waals surface area (Å²) in [6.07, 6.45) is 0.816. The van der Waals surface area contributed by atoms with Crippen LogP contribution in [0.15, 0.2) is 6.20 Å². The molecule has 0 spiro atoms. The van der Waals surface area contributed by atoms with E-state index in [-0.39, 0.29) is 6.54 Å². The second-order valence-corrected chi connectivity index (χ2v) is 8.95. The van der Waals surface area contributed by atoms with Crippen molar-refractivity contribution in [1.82, 2.24) is 25.2 Å². The van der Waals surface area contributed by atoms with Gasteiger partial charge in [0.25, 0.3) is 0 Å². The Morgan fingerprint density at radius 2 is 1.69 bits per heavy atom. The van der Waals surface area contributed by atoms with Crippen LogP contribution in [0.5, 0.6) is 0 Å². The summed E-state index contributed by atoms with van der Waals surface area (Å²) < 4.78 is 37.1. The van der Waals surface area contributed by atoms with Crippen molar-refractivity contribution in [1.29, 1.82) is 0 Å². The molecule has 1 fully saturated rings. The molecule has 0 unspecified atom stereocenters. The summed E-state index contributed by atoms with van der Waals surface area (Å²) in [6, 6.07) is 0. The molecular formula is C16H31N5O7S. The van der Waals surface area contributed by atoms with Crippen molar-refractivity contribution in [3.8, 4) is 0 Å². The van der Waals surface area contributed by atoms with Gasteiger partial charge < -0.3 is 24.6 Å². The van der Waals surface area contributed by atoms with E-state index < -0.39 is 16.7 Å². The van der Waals surface area contributed by atoms with Gasteiger partial charge in [-0.1, -0.05) is 5.21 Å². The van der Waals surface area contributed by atoms with Crippen molar-refractivity contribution in [2.75, 3.05) is 70.8 Å². The highest BCUT2D eigenvalue weighted by atomic mass is 32.3. The Balaban J connectivity index is 1.43. The minimum atomic E-state index is -2.37. The molecule has 13 heteroatoms. The molecule has 1 aromatic heterocycles. The van der Waals surface area contributed by atoms with Gasteiger partial charge in [-0.2, -0.15) is 10.6 Å². The number of nitrogens with zero attached hydrogens (tertiary/aromatic N) is 4. The molecule has 1 amide bonds. The van der Waals surface area contributed by atoms with E-state index in [1.54, 1.807) is 4.68 Å². The Morgan fingerprint density at radius 3 is 2.34 bits per heavy atom. The second-order valence-electron chi connectivity index (χ2n) is 6.53. The molecule has 1 aliphatic heterocycles. The number of hydrogen-bond donors (Lipinski definition) is 4. The lowest BCUT2D eigenvalue weighted by atomic mass is 10.4. The summed E-state index contributed by atoms with van der Waals surface area (Å²) in [4.78, 5) is 12.4. The van der Waals surface area contributed by atoms with E-state index in [0.717, 1.165) is 5.69 Å². The standard InChI is InChI=1S/C16H31N5O7S/c22-16(23)17-1-5-26-7-9-28-10-8-27-6-2-21-14-15(18-19-21)13-20-3-11-29(24,25)12-4-20/h14,17,24-25H,1-13H2,(H,22,23). The van der Waals surface area contributed by atoms with Crippen LogP contribution in [0.4, 0.5) is 4.79 Å². The Bertz CT molecular complexity index is 594. The van der Waals surface area contributed by atoms with Crippen LogP contribution in [0.2, 0.25) is 0 Å². The Hall–Kier alpha value is -1.48. The van der Waals surface area contributed by atoms with Crippen molar-refractivity contribution in [3.05, 3.63) is 11.9 Å². The van der Waals surface area contributed by atoms with E-state index in [9.17, 15) is 13.9 Å². The first-order valence-corrected chi connectivity index (χ1v) is 11.4. The third-order valence-electron chi connectivity index (χ3n) is 4.17. The summed E-state index contributed by atoms with van der Waals surface area (Å²) in [5.74, 6) is 0.843. The first-order chi connectivity index (χ1) is 13.9. The van der Waals surface area contributed by atoms with Crippen LogP contribution >= 0.6 is 10.6 Å². The molecule has 0 radical (unpaired) electrons. The molecule has 168 valence electrons. The molecule has 1 saturated heterocycles. The number of hydrogen-bond acceptors (Lipinski definition) is 9. The van der Waals surface area contributed by atoms with Crippen molar-refractivity contribution in [2.24, 2.45) is 0 Å². The first kappa shape index (κ1) is 23.8. The highest BCUT2D eigenvalue weighted by Crippen LogP contribution is 2.40. The van der Waals surface area contributed by atoms with Gasteiger partial charge in [0.2, 0.25) is 0 Å². The molecule has 2 rings (SSSR count). The molecule has 0 atom stereocenters. The van der Waals surface area contributed by atoms with Crippen molar-refractivity contribution in [3.63, 3.8) is 0 Å². The number of carboxylic acid groups (broad SMARTS) is 1. The largest absolute Gasteiger partial charge is 0.465 e. The van der Waals surface area contributed by atoms with E-state index in [0.29, 0.717) is 77.3 Å². The van der Waals surface area contributed by atoms with E-state index in [2.05, 4.69) is 20.5 Å². The van der Waals surface area contributed by atoms with Gasteiger partial charge >= 0.3 is 6.09 Å². The summed E-state index contributed by atoms with van der Waals surface area (Å²) in [6.45, 7) is 5.36. The van der Waals surface area contributed by atoms with Crippen LogP contribution in [-0.4, -0.2) is 111 Å². The highest BCUT2D eigenvalue weighted by Gasteiger charge is 2.22. The van der Waals surface area contributed by atoms with Crippen molar-refractivity contribution in [2.45, 2.75) is 13.1 Å². The van der Waals surface area contributed by atoms with Gasteiger partial charge in [0, 0.05) is 32.4 Å². The average Bonchev–Trinajstić information content (AvgIpc) is 3.11. The number of ether oxygens (including phenoxy) is 3. The fourth-order valence-corrected chi connectivity index (χ4v) is 3.91. The number of aromatic nitrogens is 3. The maximum absolute atomic E-state index is 10.2. The summed E-state index contributed by atoms with van der Waals surface area (Å²) in [5.41, 5.74) is 0.852. The van der Waals surface area contributed by atoms with Gasteiger partial charge in [-0.15, -0.1) is 5.10 Å². The molecule has 0 aliphatic carbocycles. The fourth-order valence-electron chi connectivity index (χ4n) is 2.60. The van der Waals surface area contributed by atoms with Crippen LogP contribution in [0, 0.1) is 0 Å². The predicted molar refractivity (Wildman–Crippen MR) is 106 cm³/mol. The zero-order valence-corrected chi connectivity index (χ0v) is 17.3. The molecule has 0 saturated carbocycles. The normalized spacial score (nSPS) is 17.9. The second kappa shape index (κ2) is 13.0. The highest BCUT2D eigenvalue weighted by molar-refractivity contribution is 8.24. The number of amides is 1. The zero-order chi connectivity index (χ0) is 21.0. The van der Waals surface area contributed by atoms with E-state index >= 15 is 0 Å². The molecule has 1 aliphatic rings. The molecule has 0 bridgehead atoms. The molecule has 12 nitrogen and oxygen atoms in total. The SMILES string of the molecule is O=C(O)NCCOCCOCCOCCn1cc(CN2CCS(O)(O)CC2)nn1. The number of rotatable bonds is 14. The Labute approximate surface area is 171 Å². The maximum atomic E-state index is 10.2. The topological polar surface area (TPSA) is 151 Å². The monoisotopic (exact) mass is 437 g/mol. The van der Waals surface area contributed by atoms with Crippen LogP contribution in [0.3, 0.4) is 0 Å². The van der Waals surface area contributed by atoms with Crippen molar-refractivity contribution < 1.29 is 33.2 Å². The summed E-state index contributed by atoms with van der Waals surface area (Å²) >= 11 is 0. The average molecular weight is 438 g/mol. The minimum Gasteiger partial charge on any atom is -0.465 e. The molecular weight excluding hydrogens is 406 g/mol. The smallest absolute Gasteiger partial charge is 0.404 e. The number of carbonyl (C=O) groups is 1. The van der Waals surface area contributed by atoms with Crippen LogP contribution in [0.1, 0.15) is 5.69 Å². The van der Waals surface area contributed by atoms with Gasteiger partial charge in [-0.3, -0.25) is 14.0 Å². The lowest BCUT2D eigenvalue weighted by Gasteiger charge is -2.40. The lowest BCUT2D eigenvalue weighted by Crippen LogP contribution is -2.37. The van der Waals surface area contributed by atoms with E-state index in [4.69, 9.17) is 19.3 Å². The molecule has 4 N–H and O–H groups in total. The first-order valence-electron chi connectivity index (χ1n) is 9.49. The predicted octanol–water partition coefficient (Wildman–Crippen LogP) is 0.162. The van der Waals surface area contributed by atoms with Gasteiger partial charge in [-0.25, -0.2) is 9.48 Å². The Morgan fingerprint density at radius 1 is 1.07 bits per heavy atom. The maximum Gasteiger partial charge on any atom is 0.404 e. The van der Waals surface area contributed by atoms with Crippen molar-refractivity contribution >= 4 is 16.7 Å². The van der Waals surface area contributed by atoms with Gasteiger partial charge in [0.05, 0.1) is 63.4 Å². The quantitative estimate of drug-likeness (QED) is 0.296. The molecule has 1 aromatic rings. The zero-order valence-electron chi connectivity index (χ0n) is 16.4. The van der Waals surface area contributed by atoms with E-state index in [1.165, 1.54) is 0 Å².